The lowest BCUT2D eigenvalue weighted by Gasteiger charge is -2.06. The summed E-state index contributed by atoms with van der Waals surface area (Å²) in [4.78, 5) is 11.7. The number of carbonyl (C=O) groups is 1. The van der Waals surface area contributed by atoms with Gasteiger partial charge in [0.05, 0.1) is 6.61 Å². The molecule has 1 aromatic rings. The summed E-state index contributed by atoms with van der Waals surface area (Å²) in [5.74, 6) is 0.465. The highest BCUT2D eigenvalue weighted by Gasteiger charge is 2.22. The molecule has 1 aliphatic heterocycles. The number of aromatic nitrogens is 2. The topological polar surface area (TPSA) is 44.1 Å². The van der Waals surface area contributed by atoms with Crippen molar-refractivity contribution in [1.82, 2.24) is 9.78 Å². The number of nitrogens with zero attached hydrogens (tertiary/aromatic N) is 2. The van der Waals surface area contributed by atoms with Crippen LogP contribution >= 0.6 is 0 Å². The van der Waals surface area contributed by atoms with E-state index in [1.54, 1.807) is 6.20 Å². The second kappa shape index (κ2) is 4.57. The molecule has 2 rings (SSSR count). The monoisotopic (exact) mass is 208 g/mol. The van der Waals surface area contributed by atoms with Crippen LogP contribution in [0.1, 0.15) is 18.5 Å². The van der Waals surface area contributed by atoms with E-state index in [-0.39, 0.29) is 5.92 Å². The van der Waals surface area contributed by atoms with Crippen LogP contribution in [0.15, 0.2) is 12.3 Å². The lowest BCUT2D eigenvalue weighted by molar-refractivity contribution is -0.122. The summed E-state index contributed by atoms with van der Waals surface area (Å²) in [7, 11) is 1.90. The molecule has 0 aromatic carbocycles. The normalized spacial score (nSPS) is 20.7. The third-order valence-corrected chi connectivity index (χ3v) is 2.94. The number of rotatable bonds is 4. The van der Waals surface area contributed by atoms with Gasteiger partial charge in [0, 0.05) is 37.9 Å². The van der Waals surface area contributed by atoms with E-state index in [0.717, 1.165) is 25.1 Å². The molecule has 0 spiro atoms. The predicted octanol–water partition coefficient (Wildman–Crippen LogP) is 0.958. The third kappa shape index (κ3) is 2.45. The van der Waals surface area contributed by atoms with Crippen LogP contribution in [-0.2, 0) is 23.0 Å². The zero-order valence-corrected chi connectivity index (χ0v) is 8.98. The molecule has 4 heteroatoms. The molecular weight excluding hydrogens is 192 g/mol. The highest BCUT2D eigenvalue weighted by molar-refractivity contribution is 5.81. The van der Waals surface area contributed by atoms with E-state index in [0.29, 0.717) is 18.8 Å². The van der Waals surface area contributed by atoms with Crippen molar-refractivity contribution in [1.29, 1.82) is 0 Å². The van der Waals surface area contributed by atoms with Crippen LogP contribution in [0, 0.1) is 5.92 Å². The maximum Gasteiger partial charge on any atom is 0.138 e. The van der Waals surface area contributed by atoms with E-state index in [9.17, 15) is 4.79 Å². The molecule has 0 radical (unpaired) electrons. The van der Waals surface area contributed by atoms with Gasteiger partial charge in [0.2, 0.25) is 0 Å². The predicted molar refractivity (Wildman–Crippen MR) is 55.5 cm³/mol. The molecule has 4 nitrogen and oxygen atoms in total. The fraction of sp³-hybridized carbons (Fsp3) is 0.636. The van der Waals surface area contributed by atoms with Crippen molar-refractivity contribution >= 4 is 5.78 Å². The molecule has 0 N–H and O–H groups in total. The molecule has 0 amide bonds. The number of carbonyl (C=O) groups excluding carboxylic acids is 1. The van der Waals surface area contributed by atoms with Gasteiger partial charge in [0.25, 0.3) is 0 Å². The Morgan fingerprint density at radius 3 is 3.20 bits per heavy atom. The lowest BCUT2D eigenvalue weighted by atomic mass is 9.99. The zero-order valence-electron chi connectivity index (χ0n) is 8.98. The first kappa shape index (κ1) is 10.4. The Kier molecular flexibility index (Phi) is 3.16. The molecule has 2 heterocycles. The molecule has 1 atom stereocenters. The van der Waals surface area contributed by atoms with Crippen LogP contribution < -0.4 is 0 Å². The Bertz CT molecular complexity index is 340. The number of ketones is 1. The van der Waals surface area contributed by atoms with Crippen molar-refractivity contribution in [2.24, 2.45) is 13.0 Å². The standard InChI is InChI=1S/C11H16N2O2/c1-13-10(4-6-12-13)2-3-11(14)9-5-7-15-8-9/h4,6,9H,2-3,5,7-8H2,1H3. The molecule has 82 valence electrons. The van der Waals surface area contributed by atoms with Crippen molar-refractivity contribution in [3.8, 4) is 0 Å². The fourth-order valence-corrected chi connectivity index (χ4v) is 1.89. The first-order valence-electron chi connectivity index (χ1n) is 5.34. The van der Waals surface area contributed by atoms with Crippen LogP contribution in [0.4, 0.5) is 0 Å². The summed E-state index contributed by atoms with van der Waals surface area (Å²) in [6, 6.07) is 1.96. The average molecular weight is 208 g/mol. The molecule has 1 fully saturated rings. The third-order valence-electron chi connectivity index (χ3n) is 2.94. The first-order valence-corrected chi connectivity index (χ1v) is 5.34. The second-order valence-electron chi connectivity index (χ2n) is 3.97. The second-order valence-corrected chi connectivity index (χ2v) is 3.97. The molecule has 0 aliphatic carbocycles. The number of Topliss-reactive ketones (excluding diaryl/α,β-unsaturated/α-hetero) is 1. The van der Waals surface area contributed by atoms with E-state index >= 15 is 0 Å². The summed E-state index contributed by atoms with van der Waals surface area (Å²) in [6.07, 6.45) is 4.04. The maximum atomic E-state index is 11.7. The largest absolute Gasteiger partial charge is 0.381 e. The number of hydrogen-bond acceptors (Lipinski definition) is 3. The van der Waals surface area contributed by atoms with Crippen LogP contribution in [0.5, 0.6) is 0 Å². The van der Waals surface area contributed by atoms with Gasteiger partial charge in [-0.1, -0.05) is 0 Å². The van der Waals surface area contributed by atoms with E-state index in [1.807, 2.05) is 17.8 Å². The number of aryl methyl sites for hydroxylation is 2. The van der Waals surface area contributed by atoms with Crippen molar-refractivity contribution in [2.45, 2.75) is 19.3 Å². The summed E-state index contributed by atoms with van der Waals surface area (Å²) >= 11 is 0. The average Bonchev–Trinajstić information content (AvgIpc) is 2.85. The van der Waals surface area contributed by atoms with Crippen molar-refractivity contribution in [3.63, 3.8) is 0 Å². The van der Waals surface area contributed by atoms with Gasteiger partial charge in [0.15, 0.2) is 0 Å². The minimum absolute atomic E-state index is 0.137. The first-order chi connectivity index (χ1) is 7.27. The van der Waals surface area contributed by atoms with E-state index in [1.165, 1.54) is 0 Å². The molecule has 1 aromatic heterocycles. The Morgan fingerprint density at radius 2 is 2.60 bits per heavy atom. The zero-order chi connectivity index (χ0) is 10.7. The quantitative estimate of drug-likeness (QED) is 0.740. The molecule has 1 saturated heterocycles. The smallest absolute Gasteiger partial charge is 0.138 e. The minimum Gasteiger partial charge on any atom is -0.381 e. The maximum absolute atomic E-state index is 11.7. The molecule has 1 unspecified atom stereocenters. The highest BCUT2D eigenvalue weighted by atomic mass is 16.5. The molecule has 15 heavy (non-hydrogen) atoms. The van der Waals surface area contributed by atoms with E-state index < -0.39 is 0 Å². The van der Waals surface area contributed by atoms with Gasteiger partial charge in [-0.2, -0.15) is 5.10 Å². The van der Waals surface area contributed by atoms with Gasteiger partial charge in [-0.25, -0.2) is 0 Å². The Balaban J connectivity index is 1.83. The van der Waals surface area contributed by atoms with E-state index in [4.69, 9.17) is 4.74 Å². The molecular formula is C11H16N2O2. The summed E-state index contributed by atoms with van der Waals surface area (Å²) < 4.78 is 7.02. The number of ether oxygens (including phenoxy) is 1. The summed E-state index contributed by atoms with van der Waals surface area (Å²) in [6.45, 7) is 1.35. The SMILES string of the molecule is Cn1nccc1CCC(=O)C1CCOC1. The molecule has 0 bridgehead atoms. The van der Waals surface area contributed by atoms with Crippen LogP contribution in [0.3, 0.4) is 0 Å². The van der Waals surface area contributed by atoms with Crippen LogP contribution in [0.2, 0.25) is 0 Å². The minimum atomic E-state index is 0.137. The van der Waals surface area contributed by atoms with Crippen LogP contribution in [-0.4, -0.2) is 28.8 Å². The van der Waals surface area contributed by atoms with E-state index in [2.05, 4.69) is 5.10 Å². The summed E-state index contributed by atoms with van der Waals surface area (Å²) in [5.41, 5.74) is 1.11. The number of hydrogen-bond donors (Lipinski definition) is 0. The molecule has 1 aliphatic rings. The van der Waals surface area contributed by atoms with Crippen molar-refractivity contribution in [2.75, 3.05) is 13.2 Å². The van der Waals surface area contributed by atoms with Gasteiger partial charge in [0.1, 0.15) is 5.78 Å². The van der Waals surface area contributed by atoms with Gasteiger partial charge >= 0.3 is 0 Å². The lowest BCUT2D eigenvalue weighted by Crippen LogP contribution is -2.15. The van der Waals surface area contributed by atoms with Gasteiger partial charge in [-0.05, 0) is 18.9 Å². The Hall–Kier alpha value is -1.16. The van der Waals surface area contributed by atoms with Crippen molar-refractivity contribution < 1.29 is 9.53 Å². The van der Waals surface area contributed by atoms with Gasteiger partial charge < -0.3 is 4.74 Å². The Morgan fingerprint density at radius 1 is 1.73 bits per heavy atom. The highest BCUT2D eigenvalue weighted by Crippen LogP contribution is 2.16. The summed E-state index contributed by atoms with van der Waals surface area (Å²) in [5, 5.41) is 4.07. The van der Waals surface area contributed by atoms with Crippen LogP contribution in [0.25, 0.3) is 0 Å². The molecule has 0 saturated carbocycles. The van der Waals surface area contributed by atoms with Gasteiger partial charge in [-0.15, -0.1) is 0 Å². The van der Waals surface area contributed by atoms with Gasteiger partial charge in [-0.3, -0.25) is 9.48 Å². The Labute approximate surface area is 89.2 Å². The van der Waals surface area contributed by atoms with Crippen molar-refractivity contribution in [3.05, 3.63) is 18.0 Å². The fourth-order valence-electron chi connectivity index (χ4n) is 1.89.